The van der Waals surface area contributed by atoms with Crippen molar-refractivity contribution in [1.29, 1.82) is 0 Å². The second-order valence-corrected chi connectivity index (χ2v) is 6.83. The van der Waals surface area contributed by atoms with Crippen molar-refractivity contribution in [1.82, 2.24) is 15.2 Å². The zero-order chi connectivity index (χ0) is 16.9. The smallest absolute Gasteiger partial charge is 0.247 e. The van der Waals surface area contributed by atoms with Gasteiger partial charge in [0.05, 0.1) is 19.4 Å². The summed E-state index contributed by atoms with van der Waals surface area (Å²) >= 11 is 0. The molecule has 0 aliphatic carbocycles. The van der Waals surface area contributed by atoms with Gasteiger partial charge in [0, 0.05) is 26.2 Å². The van der Waals surface area contributed by atoms with Crippen LogP contribution in [0, 0.1) is 5.92 Å². The molecule has 2 fully saturated rings. The average Bonchev–Trinajstić information content (AvgIpc) is 2.70. The number of morpholine rings is 1. The van der Waals surface area contributed by atoms with E-state index < -0.39 is 0 Å². The number of rotatable bonds is 4. The van der Waals surface area contributed by atoms with Gasteiger partial charge in [-0.2, -0.15) is 10.1 Å². The normalized spacial score (nSPS) is 19.2. The minimum absolute atomic E-state index is 0.744. The topological polar surface area (TPSA) is 54.4 Å². The Labute approximate surface area is 148 Å². The van der Waals surface area contributed by atoms with E-state index in [0.29, 0.717) is 0 Å². The first-order valence-corrected chi connectivity index (χ1v) is 9.20. The van der Waals surface area contributed by atoms with Crippen LogP contribution in [0.15, 0.2) is 36.5 Å². The van der Waals surface area contributed by atoms with Crippen LogP contribution in [0.3, 0.4) is 0 Å². The average molecular weight is 339 g/mol. The van der Waals surface area contributed by atoms with Gasteiger partial charge in [0.15, 0.2) is 5.82 Å². The molecular formula is C19H25N5O. The highest BCUT2D eigenvalue weighted by Crippen LogP contribution is 2.24. The van der Waals surface area contributed by atoms with Crippen molar-refractivity contribution in [3.63, 3.8) is 0 Å². The lowest BCUT2D eigenvalue weighted by atomic mass is 9.90. The maximum Gasteiger partial charge on any atom is 0.247 e. The number of nitrogens with zero attached hydrogens (tertiary/aromatic N) is 5. The Kier molecular flexibility index (Phi) is 5.06. The van der Waals surface area contributed by atoms with E-state index in [0.717, 1.165) is 57.1 Å². The number of anilines is 2. The third kappa shape index (κ3) is 4.07. The molecule has 0 radical (unpaired) electrons. The van der Waals surface area contributed by atoms with Crippen LogP contribution in [0.1, 0.15) is 18.4 Å². The second-order valence-electron chi connectivity index (χ2n) is 6.83. The molecule has 1 aromatic carbocycles. The number of hydrogen-bond donors (Lipinski definition) is 0. The third-order valence-corrected chi connectivity index (χ3v) is 5.13. The Morgan fingerprint density at radius 2 is 1.72 bits per heavy atom. The largest absolute Gasteiger partial charge is 0.378 e. The SMILES string of the molecule is c1ccc(CC2CCN(c3nncc(N4CCOCC4)n3)CC2)cc1. The van der Waals surface area contributed by atoms with Crippen molar-refractivity contribution in [2.24, 2.45) is 5.92 Å². The summed E-state index contributed by atoms with van der Waals surface area (Å²) in [5.74, 6) is 2.43. The van der Waals surface area contributed by atoms with Crippen molar-refractivity contribution < 1.29 is 4.74 Å². The molecule has 4 rings (SSSR count). The molecule has 0 saturated carbocycles. The number of ether oxygens (including phenoxy) is 1. The number of piperidine rings is 1. The summed E-state index contributed by atoms with van der Waals surface area (Å²) < 4.78 is 5.41. The number of benzene rings is 1. The van der Waals surface area contributed by atoms with Crippen molar-refractivity contribution in [2.45, 2.75) is 19.3 Å². The summed E-state index contributed by atoms with van der Waals surface area (Å²) in [4.78, 5) is 9.25. The van der Waals surface area contributed by atoms with Gasteiger partial charge in [-0.05, 0) is 30.7 Å². The molecule has 0 atom stereocenters. The number of hydrogen-bond acceptors (Lipinski definition) is 6. The van der Waals surface area contributed by atoms with E-state index in [2.05, 4.69) is 50.3 Å². The zero-order valence-corrected chi connectivity index (χ0v) is 14.5. The lowest BCUT2D eigenvalue weighted by molar-refractivity contribution is 0.122. The van der Waals surface area contributed by atoms with Gasteiger partial charge in [0.25, 0.3) is 0 Å². The van der Waals surface area contributed by atoms with Crippen LogP contribution in [-0.2, 0) is 11.2 Å². The minimum Gasteiger partial charge on any atom is -0.378 e. The Balaban J connectivity index is 1.36. The fourth-order valence-corrected chi connectivity index (χ4v) is 3.65. The molecule has 6 nitrogen and oxygen atoms in total. The van der Waals surface area contributed by atoms with E-state index >= 15 is 0 Å². The zero-order valence-electron chi connectivity index (χ0n) is 14.5. The molecule has 1 aromatic heterocycles. The van der Waals surface area contributed by atoms with Crippen LogP contribution in [0.5, 0.6) is 0 Å². The van der Waals surface area contributed by atoms with Crippen LogP contribution in [0.2, 0.25) is 0 Å². The Hall–Kier alpha value is -2.21. The second kappa shape index (κ2) is 7.78. The van der Waals surface area contributed by atoms with Crippen LogP contribution in [0.25, 0.3) is 0 Å². The maximum absolute atomic E-state index is 5.41. The van der Waals surface area contributed by atoms with E-state index in [4.69, 9.17) is 9.72 Å². The Morgan fingerprint density at radius 3 is 2.48 bits per heavy atom. The standard InChI is InChI=1S/C19H25N5O/c1-2-4-16(5-3-1)14-17-6-8-24(9-7-17)19-21-18(15-20-22-19)23-10-12-25-13-11-23/h1-5,15,17H,6-14H2. The highest BCUT2D eigenvalue weighted by molar-refractivity contribution is 5.42. The molecule has 132 valence electrons. The van der Waals surface area contributed by atoms with Gasteiger partial charge < -0.3 is 14.5 Å². The molecule has 6 heteroatoms. The van der Waals surface area contributed by atoms with Gasteiger partial charge in [0.2, 0.25) is 5.95 Å². The molecule has 2 aromatic rings. The first-order valence-electron chi connectivity index (χ1n) is 9.20. The van der Waals surface area contributed by atoms with Crippen LogP contribution >= 0.6 is 0 Å². The molecular weight excluding hydrogens is 314 g/mol. The van der Waals surface area contributed by atoms with Crippen LogP contribution in [0.4, 0.5) is 11.8 Å². The highest BCUT2D eigenvalue weighted by atomic mass is 16.5. The first-order chi connectivity index (χ1) is 12.4. The summed E-state index contributed by atoms with van der Waals surface area (Å²) in [5, 5.41) is 8.46. The fraction of sp³-hybridized carbons (Fsp3) is 0.526. The predicted octanol–water partition coefficient (Wildman–Crippen LogP) is 2.17. The molecule has 2 aliphatic heterocycles. The minimum atomic E-state index is 0.744. The van der Waals surface area contributed by atoms with Crippen molar-refractivity contribution in [3.05, 3.63) is 42.1 Å². The third-order valence-electron chi connectivity index (χ3n) is 5.13. The molecule has 0 amide bonds. The Bertz CT molecular complexity index is 667. The van der Waals surface area contributed by atoms with Gasteiger partial charge in [-0.1, -0.05) is 30.3 Å². The highest BCUT2D eigenvalue weighted by Gasteiger charge is 2.22. The molecule has 3 heterocycles. The van der Waals surface area contributed by atoms with Crippen molar-refractivity contribution >= 4 is 11.8 Å². The predicted molar refractivity (Wildman–Crippen MR) is 97.9 cm³/mol. The first kappa shape index (κ1) is 16.3. The van der Waals surface area contributed by atoms with E-state index in [1.165, 1.54) is 24.8 Å². The van der Waals surface area contributed by atoms with E-state index in [-0.39, 0.29) is 0 Å². The van der Waals surface area contributed by atoms with Gasteiger partial charge in [-0.15, -0.1) is 5.10 Å². The number of aromatic nitrogens is 3. The van der Waals surface area contributed by atoms with Crippen LogP contribution in [-0.4, -0.2) is 54.6 Å². The molecule has 2 aliphatic rings. The molecule has 25 heavy (non-hydrogen) atoms. The van der Waals surface area contributed by atoms with E-state index in [1.54, 1.807) is 6.20 Å². The summed E-state index contributed by atoms with van der Waals surface area (Å²) in [5.41, 5.74) is 1.44. The van der Waals surface area contributed by atoms with Crippen LogP contribution < -0.4 is 9.80 Å². The quantitative estimate of drug-likeness (QED) is 0.851. The van der Waals surface area contributed by atoms with Gasteiger partial charge in [-0.25, -0.2) is 0 Å². The molecule has 0 unspecified atom stereocenters. The van der Waals surface area contributed by atoms with E-state index in [9.17, 15) is 0 Å². The summed E-state index contributed by atoms with van der Waals surface area (Å²) in [6.07, 6.45) is 5.29. The lowest BCUT2D eigenvalue weighted by Gasteiger charge is -2.33. The lowest BCUT2D eigenvalue weighted by Crippen LogP contribution is -2.38. The maximum atomic E-state index is 5.41. The summed E-state index contributed by atoms with van der Waals surface area (Å²) in [7, 11) is 0. The molecule has 0 N–H and O–H groups in total. The Morgan fingerprint density at radius 1 is 0.960 bits per heavy atom. The fourth-order valence-electron chi connectivity index (χ4n) is 3.65. The van der Waals surface area contributed by atoms with Gasteiger partial charge in [0.1, 0.15) is 0 Å². The molecule has 2 saturated heterocycles. The molecule has 0 spiro atoms. The van der Waals surface area contributed by atoms with Gasteiger partial charge in [-0.3, -0.25) is 0 Å². The van der Waals surface area contributed by atoms with Crippen molar-refractivity contribution in [2.75, 3.05) is 49.2 Å². The van der Waals surface area contributed by atoms with Crippen molar-refractivity contribution in [3.8, 4) is 0 Å². The summed E-state index contributed by atoms with van der Waals surface area (Å²) in [6.45, 7) is 5.26. The molecule has 0 bridgehead atoms. The van der Waals surface area contributed by atoms with Gasteiger partial charge >= 0.3 is 0 Å². The monoisotopic (exact) mass is 339 g/mol. The van der Waals surface area contributed by atoms with E-state index in [1.807, 2.05) is 0 Å². The summed E-state index contributed by atoms with van der Waals surface area (Å²) in [6, 6.07) is 10.8.